The number of imidazole rings is 1. The van der Waals surface area contributed by atoms with E-state index in [4.69, 9.17) is 4.74 Å². The first-order chi connectivity index (χ1) is 8.70. The number of unbranched alkanes of at least 4 members (excludes halogenated alkanes) is 1. The fourth-order valence-corrected chi connectivity index (χ4v) is 2.43. The second kappa shape index (κ2) is 6.23. The maximum Gasteiger partial charge on any atom is 0.203 e. The molecule has 1 fully saturated rings. The van der Waals surface area contributed by atoms with E-state index in [0.29, 0.717) is 12.0 Å². The number of rotatable bonds is 6. The fraction of sp³-hybridized carbons (Fsp3) is 0.786. The molecule has 2 heterocycles. The van der Waals surface area contributed by atoms with Crippen LogP contribution < -0.4 is 5.32 Å². The highest BCUT2D eigenvalue weighted by Gasteiger charge is 2.23. The van der Waals surface area contributed by atoms with Crippen LogP contribution in [-0.2, 0) is 11.3 Å². The van der Waals surface area contributed by atoms with E-state index in [1.807, 2.05) is 0 Å². The Morgan fingerprint density at radius 2 is 2.44 bits per heavy atom. The molecular formula is C14H25N3O. The van der Waals surface area contributed by atoms with Crippen LogP contribution >= 0.6 is 0 Å². The number of anilines is 1. The average molecular weight is 251 g/mol. The van der Waals surface area contributed by atoms with E-state index in [2.05, 4.69) is 41.8 Å². The Kier molecular flexibility index (Phi) is 4.64. The van der Waals surface area contributed by atoms with Crippen LogP contribution in [-0.4, -0.2) is 28.8 Å². The molecule has 0 aliphatic carbocycles. The van der Waals surface area contributed by atoms with Gasteiger partial charge in [0.1, 0.15) is 0 Å². The molecule has 18 heavy (non-hydrogen) atoms. The predicted molar refractivity (Wildman–Crippen MR) is 73.9 cm³/mol. The summed E-state index contributed by atoms with van der Waals surface area (Å²) in [6.07, 6.45) is 5.70. The topological polar surface area (TPSA) is 39.1 Å². The van der Waals surface area contributed by atoms with E-state index < -0.39 is 0 Å². The molecule has 2 atom stereocenters. The van der Waals surface area contributed by atoms with Crippen LogP contribution in [0.15, 0.2) is 6.20 Å². The van der Waals surface area contributed by atoms with Gasteiger partial charge in [-0.25, -0.2) is 4.98 Å². The number of hydrogen-bond acceptors (Lipinski definition) is 3. The standard InChI is InChI=1S/C14H25N3O/c1-4-5-7-17-9-11(2)15-14(17)16-12(3)13-6-8-18-10-13/h9,12-13H,4-8,10H2,1-3H3,(H,15,16). The number of nitrogens with one attached hydrogen (secondary N) is 1. The van der Waals surface area contributed by atoms with Gasteiger partial charge in [0.05, 0.1) is 12.3 Å². The van der Waals surface area contributed by atoms with Crippen LogP contribution in [0.4, 0.5) is 5.95 Å². The van der Waals surface area contributed by atoms with Gasteiger partial charge in [-0.2, -0.15) is 0 Å². The van der Waals surface area contributed by atoms with Crippen molar-refractivity contribution in [3.05, 3.63) is 11.9 Å². The van der Waals surface area contributed by atoms with Crippen molar-refractivity contribution < 1.29 is 4.74 Å². The zero-order valence-corrected chi connectivity index (χ0v) is 11.8. The molecule has 1 saturated heterocycles. The van der Waals surface area contributed by atoms with Crippen LogP contribution in [0, 0.1) is 12.8 Å². The molecule has 102 valence electrons. The van der Waals surface area contributed by atoms with Gasteiger partial charge in [0.2, 0.25) is 5.95 Å². The average Bonchev–Trinajstić information content (AvgIpc) is 2.96. The molecule has 0 saturated carbocycles. The van der Waals surface area contributed by atoms with Crippen molar-refractivity contribution in [2.45, 2.75) is 52.6 Å². The summed E-state index contributed by atoms with van der Waals surface area (Å²) < 4.78 is 7.69. The molecule has 1 N–H and O–H groups in total. The molecule has 0 amide bonds. The molecule has 4 heteroatoms. The highest BCUT2D eigenvalue weighted by molar-refractivity contribution is 5.30. The van der Waals surface area contributed by atoms with E-state index in [1.54, 1.807) is 0 Å². The van der Waals surface area contributed by atoms with Gasteiger partial charge in [-0.05, 0) is 26.7 Å². The highest BCUT2D eigenvalue weighted by atomic mass is 16.5. The van der Waals surface area contributed by atoms with Gasteiger partial charge < -0.3 is 14.6 Å². The van der Waals surface area contributed by atoms with Crippen LogP contribution in [0.5, 0.6) is 0 Å². The molecule has 0 aromatic carbocycles. The summed E-state index contributed by atoms with van der Waals surface area (Å²) in [5, 5.41) is 3.55. The number of hydrogen-bond donors (Lipinski definition) is 1. The van der Waals surface area contributed by atoms with Crippen molar-refractivity contribution in [3.8, 4) is 0 Å². The molecule has 0 radical (unpaired) electrons. The van der Waals surface area contributed by atoms with E-state index in [-0.39, 0.29) is 0 Å². The molecular weight excluding hydrogens is 226 g/mol. The van der Waals surface area contributed by atoms with Crippen molar-refractivity contribution in [1.82, 2.24) is 9.55 Å². The molecule has 2 rings (SSSR count). The Labute approximate surface area is 110 Å². The fourth-order valence-electron chi connectivity index (χ4n) is 2.43. The summed E-state index contributed by atoms with van der Waals surface area (Å²) in [4.78, 5) is 4.59. The minimum absolute atomic E-state index is 0.426. The van der Waals surface area contributed by atoms with Crippen molar-refractivity contribution in [3.63, 3.8) is 0 Å². The highest BCUT2D eigenvalue weighted by Crippen LogP contribution is 2.20. The van der Waals surface area contributed by atoms with Gasteiger partial charge in [-0.15, -0.1) is 0 Å². The van der Waals surface area contributed by atoms with Gasteiger partial charge in [0.15, 0.2) is 0 Å². The lowest BCUT2D eigenvalue weighted by molar-refractivity contribution is 0.183. The molecule has 0 spiro atoms. The third-order valence-electron chi connectivity index (χ3n) is 3.68. The van der Waals surface area contributed by atoms with E-state index in [1.165, 1.54) is 12.8 Å². The molecule has 1 aromatic heterocycles. The van der Waals surface area contributed by atoms with Crippen LogP contribution in [0.1, 0.15) is 38.8 Å². The van der Waals surface area contributed by atoms with Gasteiger partial charge in [-0.3, -0.25) is 0 Å². The van der Waals surface area contributed by atoms with E-state index in [9.17, 15) is 0 Å². The smallest absolute Gasteiger partial charge is 0.203 e. The van der Waals surface area contributed by atoms with E-state index >= 15 is 0 Å². The quantitative estimate of drug-likeness (QED) is 0.845. The minimum atomic E-state index is 0.426. The lowest BCUT2D eigenvalue weighted by Gasteiger charge is -2.20. The maximum absolute atomic E-state index is 5.45. The third kappa shape index (κ3) is 3.25. The van der Waals surface area contributed by atoms with Gasteiger partial charge >= 0.3 is 0 Å². The lowest BCUT2D eigenvalue weighted by Crippen LogP contribution is -2.27. The van der Waals surface area contributed by atoms with Crippen LogP contribution in [0.25, 0.3) is 0 Å². The summed E-state index contributed by atoms with van der Waals surface area (Å²) in [6.45, 7) is 9.33. The minimum Gasteiger partial charge on any atom is -0.381 e. The Bertz CT molecular complexity index is 369. The monoisotopic (exact) mass is 251 g/mol. The van der Waals surface area contributed by atoms with Crippen molar-refractivity contribution in [1.29, 1.82) is 0 Å². The SMILES string of the molecule is CCCCn1cc(C)nc1NC(C)C1CCOC1. The Hall–Kier alpha value is -1.03. The second-order valence-corrected chi connectivity index (χ2v) is 5.31. The van der Waals surface area contributed by atoms with Gasteiger partial charge in [-0.1, -0.05) is 13.3 Å². The molecule has 4 nitrogen and oxygen atoms in total. The van der Waals surface area contributed by atoms with Crippen LogP contribution in [0.2, 0.25) is 0 Å². The Balaban J connectivity index is 1.98. The second-order valence-electron chi connectivity index (χ2n) is 5.31. The molecule has 1 aromatic rings. The van der Waals surface area contributed by atoms with Gasteiger partial charge in [0.25, 0.3) is 0 Å². The number of ether oxygens (including phenoxy) is 1. The van der Waals surface area contributed by atoms with Crippen molar-refractivity contribution in [2.75, 3.05) is 18.5 Å². The first-order valence-corrected chi connectivity index (χ1v) is 7.08. The number of nitrogens with zero attached hydrogens (tertiary/aromatic N) is 2. The number of aromatic nitrogens is 2. The van der Waals surface area contributed by atoms with Gasteiger partial charge in [0, 0.05) is 31.3 Å². The molecule has 0 bridgehead atoms. The van der Waals surface area contributed by atoms with Crippen molar-refractivity contribution >= 4 is 5.95 Å². The first kappa shape index (κ1) is 13.4. The first-order valence-electron chi connectivity index (χ1n) is 7.08. The zero-order valence-electron chi connectivity index (χ0n) is 11.8. The lowest BCUT2D eigenvalue weighted by atomic mass is 10.0. The predicted octanol–water partition coefficient (Wildman–Crippen LogP) is 2.83. The number of aryl methyl sites for hydroxylation is 2. The zero-order chi connectivity index (χ0) is 13.0. The molecule has 1 aliphatic heterocycles. The van der Waals surface area contributed by atoms with Crippen molar-refractivity contribution in [2.24, 2.45) is 5.92 Å². The summed E-state index contributed by atoms with van der Waals surface area (Å²) in [6, 6.07) is 0.426. The maximum atomic E-state index is 5.45. The largest absolute Gasteiger partial charge is 0.381 e. The summed E-state index contributed by atoms with van der Waals surface area (Å²) >= 11 is 0. The van der Waals surface area contributed by atoms with E-state index in [0.717, 1.165) is 37.8 Å². The summed E-state index contributed by atoms with van der Waals surface area (Å²) in [7, 11) is 0. The Morgan fingerprint density at radius 1 is 1.61 bits per heavy atom. The summed E-state index contributed by atoms with van der Waals surface area (Å²) in [5.41, 5.74) is 1.09. The van der Waals surface area contributed by atoms with Crippen LogP contribution in [0.3, 0.4) is 0 Å². The Morgan fingerprint density at radius 3 is 3.11 bits per heavy atom. The third-order valence-corrected chi connectivity index (χ3v) is 3.68. The summed E-state index contributed by atoms with van der Waals surface area (Å²) in [5.74, 6) is 1.63. The molecule has 2 unspecified atom stereocenters. The normalized spacial score (nSPS) is 21.2. The molecule has 1 aliphatic rings.